The van der Waals surface area contributed by atoms with Crippen LogP contribution in [0.25, 0.3) is 0 Å². The van der Waals surface area contributed by atoms with Gasteiger partial charge in [0.2, 0.25) is 0 Å². The van der Waals surface area contributed by atoms with E-state index in [2.05, 4.69) is 27.9 Å². The zero-order valence-corrected chi connectivity index (χ0v) is 8.42. The second-order valence-corrected chi connectivity index (χ2v) is 2.68. The summed E-state index contributed by atoms with van der Waals surface area (Å²) in [6.45, 7) is 0. The lowest BCUT2D eigenvalue weighted by Gasteiger charge is -1.91. The van der Waals surface area contributed by atoms with Crippen LogP contribution in [0.1, 0.15) is 0 Å². The predicted molar refractivity (Wildman–Crippen MR) is 57.6 cm³/mol. The number of nitrogens with two attached hydrogens (primary N) is 2. The molecule has 0 unspecified atom stereocenters. The van der Waals surface area contributed by atoms with Crippen LogP contribution in [0.5, 0.6) is 5.75 Å². The number of thiocarbonyl (C=S) groups is 1. The van der Waals surface area contributed by atoms with Gasteiger partial charge in [0, 0.05) is 0 Å². The van der Waals surface area contributed by atoms with Gasteiger partial charge < -0.3 is 15.7 Å². The van der Waals surface area contributed by atoms with Crippen molar-refractivity contribution in [2.75, 3.05) is 0 Å². The van der Waals surface area contributed by atoms with Crippen LogP contribution in [0.4, 0.5) is 0 Å². The third kappa shape index (κ3) is 8.77. The Morgan fingerprint density at radius 2 is 1.77 bits per heavy atom. The van der Waals surface area contributed by atoms with Crippen LogP contribution in [0.15, 0.2) is 30.3 Å². The number of hydrogen-bond acceptors (Lipinski definition) is 3. The molecule has 0 amide bonds. The number of benzene rings is 1. The third-order valence-corrected chi connectivity index (χ3v) is 1.17. The fourth-order valence-corrected chi connectivity index (χ4v) is 0.732. The van der Waals surface area contributed by atoms with E-state index in [-0.39, 0.29) is 17.1 Å². The second-order valence-electron chi connectivity index (χ2n) is 1.88. The molecule has 1 rings (SSSR count). The summed E-state index contributed by atoms with van der Waals surface area (Å²) in [5.41, 5.74) is 9.24. The number of para-hydroxylation sites is 1. The number of thiol groups is 1. The summed E-state index contributed by atoms with van der Waals surface area (Å²) in [4.78, 5) is 0. The molecule has 0 radical (unpaired) electrons. The van der Waals surface area contributed by atoms with Crippen molar-refractivity contribution in [1.82, 2.24) is 0 Å². The Morgan fingerprint density at radius 3 is 2.15 bits per heavy atom. The Labute approximate surface area is 85.6 Å². The minimum absolute atomic E-state index is 0.000000000000000222. The van der Waals surface area contributed by atoms with Crippen LogP contribution in [-0.2, 0) is 11.9 Å². The van der Waals surface area contributed by atoms with Crippen molar-refractivity contribution in [3.63, 3.8) is 0 Å². The molecular formula is C7H10N2O2S2. The summed E-state index contributed by atoms with van der Waals surface area (Å²) in [5, 5.41) is 0.000000000000000222. The Balaban J connectivity index is 0.000000310. The molecule has 72 valence electrons. The predicted octanol–water partition coefficient (Wildman–Crippen LogP) is 0.114. The van der Waals surface area contributed by atoms with E-state index in [0.29, 0.717) is 5.75 Å². The normalized spacial score (nSPS) is 8.00. The minimum atomic E-state index is -0.305. The molecule has 0 heterocycles. The van der Waals surface area contributed by atoms with Gasteiger partial charge in [-0.3, -0.25) is 0 Å². The van der Waals surface area contributed by atoms with Crippen molar-refractivity contribution in [3.8, 4) is 5.75 Å². The van der Waals surface area contributed by atoms with Crippen molar-refractivity contribution in [3.05, 3.63) is 30.3 Å². The summed E-state index contributed by atoms with van der Waals surface area (Å²) in [6, 6.07) is 8.99. The van der Waals surface area contributed by atoms with Crippen LogP contribution in [-0.4, -0.2) is 9.32 Å². The van der Waals surface area contributed by atoms with Gasteiger partial charge in [-0.05, 0) is 24.4 Å². The molecule has 0 saturated carbocycles. The van der Waals surface area contributed by atoms with E-state index in [0.717, 1.165) is 0 Å². The van der Waals surface area contributed by atoms with Gasteiger partial charge in [0.15, 0.2) is 17.1 Å². The summed E-state index contributed by atoms with van der Waals surface area (Å²) in [7, 11) is 0. The van der Waals surface area contributed by atoms with Crippen LogP contribution in [0.3, 0.4) is 0 Å². The van der Waals surface area contributed by atoms with E-state index in [4.69, 9.17) is 0 Å². The maximum atomic E-state index is 9.85. The maximum absolute atomic E-state index is 9.85. The van der Waals surface area contributed by atoms with Gasteiger partial charge in [-0.25, -0.2) is 4.21 Å². The molecule has 0 spiro atoms. The summed E-state index contributed by atoms with van der Waals surface area (Å²) in [6.07, 6.45) is 0. The molecular weight excluding hydrogens is 208 g/mol. The molecule has 1 aromatic rings. The SMILES string of the molecule is NC(N)=S.O=[SH]Oc1ccccc1. The Hall–Kier alpha value is -1.14. The van der Waals surface area contributed by atoms with E-state index >= 15 is 0 Å². The Morgan fingerprint density at radius 1 is 1.31 bits per heavy atom. The molecule has 1 aromatic carbocycles. The molecule has 0 aliphatic rings. The van der Waals surface area contributed by atoms with E-state index in [1.54, 1.807) is 12.1 Å². The first kappa shape index (κ1) is 11.9. The second kappa shape index (κ2) is 7.51. The quantitative estimate of drug-likeness (QED) is 0.485. The van der Waals surface area contributed by atoms with Gasteiger partial charge in [-0.15, -0.1) is 0 Å². The first-order valence-electron chi connectivity index (χ1n) is 3.26. The zero-order valence-electron chi connectivity index (χ0n) is 6.71. The van der Waals surface area contributed by atoms with Crippen LogP contribution in [0, 0.1) is 0 Å². The summed E-state index contributed by atoms with van der Waals surface area (Å²) in [5.74, 6) is 0.620. The summed E-state index contributed by atoms with van der Waals surface area (Å²) < 4.78 is 14.5. The van der Waals surface area contributed by atoms with Crippen molar-refractivity contribution < 1.29 is 8.39 Å². The molecule has 4 nitrogen and oxygen atoms in total. The Kier molecular flexibility index (Phi) is 6.85. The van der Waals surface area contributed by atoms with Crippen LogP contribution >= 0.6 is 12.2 Å². The smallest absolute Gasteiger partial charge is 0.193 e. The van der Waals surface area contributed by atoms with Crippen molar-refractivity contribution in [2.24, 2.45) is 11.5 Å². The zero-order chi connectivity index (χ0) is 10.1. The van der Waals surface area contributed by atoms with E-state index < -0.39 is 0 Å². The van der Waals surface area contributed by atoms with Gasteiger partial charge in [0.25, 0.3) is 0 Å². The van der Waals surface area contributed by atoms with Crippen LogP contribution in [0.2, 0.25) is 0 Å². The molecule has 0 fully saturated rings. The summed E-state index contributed by atoms with van der Waals surface area (Å²) >= 11 is 3.79. The topological polar surface area (TPSA) is 78.3 Å². The molecule has 0 aromatic heterocycles. The molecule has 0 atom stereocenters. The standard InChI is InChI=1S/C6H6O2S.CH4N2S/c7-9-8-6-4-2-1-3-5-6;2-1(3)4/h1-5,9H;(H4,2,3,4). The molecule has 0 saturated heterocycles. The largest absolute Gasteiger partial charge is 0.403 e. The molecule has 0 aliphatic heterocycles. The highest BCUT2D eigenvalue weighted by Crippen LogP contribution is 2.06. The highest BCUT2D eigenvalue weighted by molar-refractivity contribution is 7.80. The average molecular weight is 218 g/mol. The monoisotopic (exact) mass is 218 g/mol. The molecule has 13 heavy (non-hydrogen) atoms. The van der Waals surface area contributed by atoms with Gasteiger partial charge in [0.1, 0.15) is 5.75 Å². The van der Waals surface area contributed by atoms with E-state index in [1.165, 1.54) is 0 Å². The minimum Gasteiger partial charge on any atom is -0.403 e. The van der Waals surface area contributed by atoms with Gasteiger partial charge >= 0.3 is 0 Å². The first-order chi connectivity index (χ1) is 6.16. The van der Waals surface area contributed by atoms with Gasteiger partial charge in [0.05, 0.1) is 0 Å². The van der Waals surface area contributed by atoms with Crippen molar-refractivity contribution >= 4 is 29.3 Å². The highest BCUT2D eigenvalue weighted by atomic mass is 32.2. The lowest BCUT2D eigenvalue weighted by molar-refractivity contribution is 0.582. The fraction of sp³-hybridized carbons (Fsp3) is 0. The van der Waals surface area contributed by atoms with Gasteiger partial charge in [-0.2, -0.15) is 0 Å². The van der Waals surface area contributed by atoms with E-state index in [9.17, 15) is 4.21 Å². The molecule has 6 heteroatoms. The van der Waals surface area contributed by atoms with Crippen molar-refractivity contribution in [2.45, 2.75) is 0 Å². The van der Waals surface area contributed by atoms with Gasteiger partial charge in [-0.1, -0.05) is 18.2 Å². The number of hydrogen-bond donors (Lipinski definition) is 3. The molecule has 0 bridgehead atoms. The first-order valence-corrected chi connectivity index (χ1v) is 4.40. The fourth-order valence-electron chi connectivity index (χ4n) is 0.524. The van der Waals surface area contributed by atoms with E-state index in [1.807, 2.05) is 18.2 Å². The molecule has 4 N–H and O–H groups in total. The third-order valence-electron chi connectivity index (χ3n) is 0.886. The molecule has 0 aliphatic carbocycles. The lowest BCUT2D eigenvalue weighted by Crippen LogP contribution is -2.18. The highest BCUT2D eigenvalue weighted by Gasteiger charge is 1.84. The maximum Gasteiger partial charge on any atom is 0.193 e. The van der Waals surface area contributed by atoms with Crippen LogP contribution < -0.4 is 15.7 Å². The lowest BCUT2D eigenvalue weighted by atomic mass is 10.3. The number of rotatable bonds is 2. The van der Waals surface area contributed by atoms with Crippen molar-refractivity contribution in [1.29, 1.82) is 0 Å². The average Bonchev–Trinajstić information content (AvgIpc) is 2.06. The Bertz CT molecular complexity index is 262.